The number of benzene rings is 3. The van der Waals surface area contributed by atoms with Gasteiger partial charge in [-0.2, -0.15) is 0 Å². The molecule has 12 heteroatoms. The molecule has 0 aliphatic heterocycles. The molecule has 0 saturated heterocycles. The first-order valence-electron chi connectivity index (χ1n) is 18.6. The molecule has 296 valence electrons. The molecule has 0 aromatic heterocycles. The van der Waals surface area contributed by atoms with Gasteiger partial charge in [-0.05, 0) is 85.6 Å². The molecule has 0 aliphatic carbocycles. The molecule has 11 nitrogen and oxygen atoms in total. The third-order valence-electron chi connectivity index (χ3n) is 10.4. The zero-order valence-corrected chi connectivity index (χ0v) is 35.1. The van der Waals surface area contributed by atoms with E-state index in [0.717, 1.165) is 27.8 Å². The third-order valence-corrected chi connectivity index (χ3v) is 14.9. The molecule has 0 saturated carbocycles. The number of ether oxygens (including phenoxy) is 3. The second kappa shape index (κ2) is 20.6. The highest BCUT2D eigenvalue weighted by molar-refractivity contribution is 6.74. The number of amides is 1. The number of hydrogen-bond donors (Lipinski definition) is 3. The van der Waals surface area contributed by atoms with E-state index in [1.165, 1.54) is 19.1 Å². The number of rotatable bonds is 20. The zero-order chi connectivity index (χ0) is 40.1. The molecule has 54 heavy (non-hydrogen) atoms. The third kappa shape index (κ3) is 12.2. The summed E-state index contributed by atoms with van der Waals surface area (Å²) in [6.07, 6.45) is 0.833. The van der Waals surface area contributed by atoms with Crippen molar-refractivity contribution >= 4 is 26.2 Å². The SMILES string of the molecule is CNC[C@@H](C[C@H](NC)C(=O)N(C)[C@@H](Cc1cccc(-c2ccc(OCc3ccccc3)c(C[C@H](NC)C(=O)OC)c2)c1)C(=O)OC)O[Si](C)(C)C(C)(C)C. The van der Waals surface area contributed by atoms with Gasteiger partial charge in [-0.1, -0.05) is 81.4 Å². The summed E-state index contributed by atoms with van der Waals surface area (Å²) in [4.78, 5) is 41.4. The Bertz CT molecular complexity index is 1660. The summed E-state index contributed by atoms with van der Waals surface area (Å²) in [5.41, 5.74) is 4.53. The number of hydrogen-bond acceptors (Lipinski definition) is 10. The van der Waals surface area contributed by atoms with Crippen LogP contribution < -0.4 is 20.7 Å². The topological polar surface area (TPSA) is 127 Å². The number of carbonyl (C=O) groups is 3. The summed E-state index contributed by atoms with van der Waals surface area (Å²) in [6.45, 7) is 12.0. The van der Waals surface area contributed by atoms with Crippen molar-refractivity contribution in [2.75, 3.05) is 49.0 Å². The fourth-order valence-electron chi connectivity index (χ4n) is 6.07. The van der Waals surface area contributed by atoms with E-state index in [-0.39, 0.29) is 29.4 Å². The lowest BCUT2D eigenvalue weighted by Crippen LogP contribution is -2.54. The highest BCUT2D eigenvalue weighted by Gasteiger charge is 2.40. The molecular weight excluding hydrogens is 701 g/mol. The molecule has 4 atom stereocenters. The summed E-state index contributed by atoms with van der Waals surface area (Å²) in [5, 5.41) is 9.46. The number of likely N-dealkylation sites (N-methyl/N-ethyl adjacent to an activating group) is 4. The van der Waals surface area contributed by atoms with Crippen LogP contribution in [0.25, 0.3) is 11.1 Å². The summed E-state index contributed by atoms with van der Waals surface area (Å²) >= 11 is 0. The highest BCUT2D eigenvalue weighted by Crippen LogP contribution is 2.38. The Labute approximate surface area is 323 Å². The van der Waals surface area contributed by atoms with Gasteiger partial charge in [0.1, 0.15) is 24.4 Å². The smallest absolute Gasteiger partial charge is 0.328 e. The quantitative estimate of drug-likeness (QED) is 0.102. The van der Waals surface area contributed by atoms with E-state index >= 15 is 0 Å². The van der Waals surface area contributed by atoms with Crippen molar-refractivity contribution in [3.05, 3.63) is 89.5 Å². The first-order valence-corrected chi connectivity index (χ1v) is 21.5. The van der Waals surface area contributed by atoms with Crippen molar-refractivity contribution in [2.24, 2.45) is 0 Å². The van der Waals surface area contributed by atoms with Crippen LogP contribution in [-0.4, -0.2) is 104 Å². The number of nitrogens with zero attached hydrogens (tertiary/aromatic N) is 1. The molecule has 0 fully saturated rings. The molecule has 0 aliphatic rings. The number of nitrogens with one attached hydrogen (secondary N) is 3. The maximum Gasteiger partial charge on any atom is 0.328 e. The number of esters is 2. The van der Waals surface area contributed by atoms with Crippen molar-refractivity contribution in [1.82, 2.24) is 20.9 Å². The van der Waals surface area contributed by atoms with Crippen LogP contribution in [0.5, 0.6) is 5.75 Å². The van der Waals surface area contributed by atoms with Crippen molar-refractivity contribution in [3.63, 3.8) is 0 Å². The molecule has 0 radical (unpaired) electrons. The molecule has 0 heterocycles. The van der Waals surface area contributed by atoms with Gasteiger partial charge >= 0.3 is 11.9 Å². The lowest BCUT2D eigenvalue weighted by molar-refractivity contribution is -0.152. The van der Waals surface area contributed by atoms with Gasteiger partial charge in [0.05, 0.1) is 26.4 Å². The van der Waals surface area contributed by atoms with Gasteiger partial charge in [0.15, 0.2) is 8.32 Å². The molecule has 3 N–H and O–H groups in total. The van der Waals surface area contributed by atoms with Gasteiger partial charge in [0.2, 0.25) is 5.91 Å². The van der Waals surface area contributed by atoms with E-state index in [9.17, 15) is 14.4 Å². The van der Waals surface area contributed by atoms with Crippen LogP contribution in [0.15, 0.2) is 72.8 Å². The largest absolute Gasteiger partial charge is 0.489 e. The summed E-state index contributed by atoms with van der Waals surface area (Å²) in [5.74, 6) is -0.421. The first-order chi connectivity index (χ1) is 25.6. The highest BCUT2D eigenvalue weighted by atomic mass is 28.4. The van der Waals surface area contributed by atoms with Crippen LogP contribution >= 0.6 is 0 Å². The molecule has 0 unspecified atom stereocenters. The molecule has 3 aromatic carbocycles. The van der Waals surface area contributed by atoms with Gasteiger partial charge in [-0.3, -0.25) is 9.59 Å². The van der Waals surface area contributed by atoms with Crippen LogP contribution in [0.4, 0.5) is 0 Å². The van der Waals surface area contributed by atoms with Gasteiger partial charge in [-0.15, -0.1) is 0 Å². The Morgan fingerprint density at radius 1 is 0.778 bits per heavy atom. The lowest BCUT2D eigenvalue weighted by atomic mass is 9.95. The second-order valence-corrected chi connectivity index (χ2v) is 19.9. The lowest BCUT2D eigenvalue weighted by Gasteiger charge is -2.40. The van der Waals surface area contributed by atoms with Crippen LogP contribution in [0.1, 0.15) is 43.9 Å². The van der Waals surface area contributed by atoms with Crippen molar-refractivity contribution < 1.29 is 33.0 Å². The van der Waals surface area contributed by atoms with Crippen LogP contribution in [-0.2, 0) is 47.7 Å². The maximum absolute atomic E-state index is 14.1. The van der Waals surface area contributed by atoms with Crippen molar-refractivity contribution in [3.8, 4) is 16.9 Å². The zero-order valence-electron chi connectivity index (χ0n) is 34.1. The number of carbonyl (C=O) groups excluding carboxylic acids is 3. The van der Waals surface area contributed by atoms with Gasteiger partial charge in [-0.25, -0.2) is 4.79 Å². The number of methoxy groups -OCH3 is 2. The van der Waals surface area contributed by atoms with Crippen LogP contribution in [0.2, 0.25) is 18.1 Å². The molecular formula is C42H62N4O7Si. The van der Waals surface area contributed by atoms with Crippen LogP contribution in [0.3, 0.4) is 0 Å². The fraction of sp³-hybridized carbons (Fsp3) is 0.500. The summed E-state index contributed by atoms with van der Waals surface area (Å²) in [6, 6.07) is 21.7. The molecule has 1 amide bonds. The average Bonchev–Trinajstić information content (AvgIpc) is 3.16. The summed E-state index contributed by atoms with van der Waals surface area (Å²) < 4.78 is 23.2. The van der Waals surface area contributed by atoms with E-state index < -0.39 is 32.4 Å². The van der Waals surface area contributed by atoms with E-state index in [1.54, 1.807) is 21.1 Å². The minimum atomic E-state index is -2.12. The Morgan fingerprint density at radius 3 is 2.00 bits per heavy atom. The van der Waals surface area contributed by atoms with Gasteiger partial charge in [0, 0.05) is 26.4 Å². The monoisotopic (exact) mass is 762 g/mol. The first kappa shape index (κ1) is 44.3. The Hall–Kier alpha value is -4.07. The minimum Gasteiger partial charge on any atom is -0.489 e. The van der Waals surface area contributed by atoms with Crippen LogP contribution in [0, 0.1) is 0 Å². The normalized spacial score (nSPS) is 14.1. The maximum atomic E-state index is 14.1. The Kier molecular flexibility index (Phi) is 16.9. The van der Waals surface area contributed by atoms with Crippen molar-refractivity contribution in [1.29, 1.82) is 0 Å². The van der Waals surface area contributed by atoms with Crippen molar-refractivity contribution in [2.45, 2.75) is 89.0 Å². The Balaban J connectivity index is 1.90. The predicted octanol–water partition coefficient (Wildman–Crippen LogP) is 5.37. The summed E-state index contributed by atoms with van der Waals surface area (Å²) in [7, 11) is 7.60. The fourth-order valence-corrected chi connectivity index (χ4v) is 7.44. The predicted molar refractivity (Wildman–Crippen MR) is 217 cm³/mol. The van der Waals surface area contributed by atoms with E-state index in [2.05, 4.69) is 49.8 Å². The van der Waals surface area contributed by atoms with Gasteiger partial charge < -0.3 is 39.5 Å². The van der Waals surface area contributed by atoms with E-state index in [1.807, 2.05) is 79.8 Å². The van der Waals surface area contributed by atoms with E-state index in [0.29, 0.717) is 31.7 Å². The molecule has 3 rings (SSSR count). The minimum absolute atomic E-state index is 0.0113. The molecule has 0 bridgehead atoms. The average molecular weight is 763 g/mol. The molecule has 3 aromatic rings. The van der Waals surface area contributed by atoms with Gasteiger partial charge in [0.25, 0.3) is 0 Å². The second-order valence-electron chi connectivity index (χ2n) is 15.2. The standard InChI is InChI=1S/C42H62N4O7Si/c1-42(2,3)54(10,11)53-34(27-43-4)26-35(44-5)39(47)46(7)37(41(49)51-9)23-30-18-15-19-31(22-30)32-20-21-38(52-28-29-16-13-12-14-17-29)33(24-32)25-36(45-6)40(48)50-8/h12-22,24,34-37,43-45H,23,25-28H2,1-11H3/t34-,35+,36+,37+/m1/s1. The molecule has 0 spiro atoms. The van der Waals surface area contributed by atoms with E-state index in [4.69, 9.17) is 18.6 Å². The Morgan fingerprint density at radius 2 is 1.41 bits per heavy atom.